The molecule has 0 aliphatic carbocycles. The standard InChI is InChI=1S/C15H16Br2N2O/c1-19(14-5-3-12(17)8-13(14)18)9-10-7-11(16)4-6-15(10)20-2/h3-8H,9,18H2,1-2H3. The molecule has 0 saturated heterocycles. The van der Waals surface area contributed by atoms with Crippen LogP contribution in [0, 0.1) is 0 Å². The molecular weight excluding hydrogens is 384 g/mol. The first kappa shape index (κ1) is 15.2. The van der Waals surface area contributed by atoms with Gasteiger partial charge in [0.25, 0.3) is 0 Å². The summed E-state index contributed by atoms with van der Waals surface area (Å²) < 4.78 is 7.41. The van der Waals surface area contributed by atoms with Crippen molar-refractivity contribution in [3.63, 3.8) is 0 Å². The molecule has 0 atom stereocenters. The van der Waals surface area contributed by atoms with Crippen LogP contribution in [0.4, 0.5) is 11.4 Å². The van der Waals surface area contributed by atoms with Crippen LogP contribution < -0.4 is 15.4 Å². The summed E-state index contributed by atoms with van der Waals surface area (Å²) in [4.78, 5) is 2.10. The van der Waals surface area contributed by atoms with Crippen LogP contribution in [0.1, 0.15) is 5.56 Å². The van der Waals surface area contributed by atoms with Gasteiger partial charge in [0.1, 0.15) is 5.75 Å². The van der Waals surface area contributed by atoms with Gasteiger partial charge in [-0.2, -0.15) is 0 Å². The maximum atomic E-state index is 6.06. The lowest BCUT2D eigenvalue weighted by Crippen LogP contribution is -2.18. The van der Waals surface area contributed by atoms with Crippen molar-refractivity contribution in [3.05, 3.63) is 50.9 Å². The highest BCUT2D eigenvalue weighted by molar-refractivity contribution is 9.10. The van der Waals surface area contributed by atoms with E-state index in [-0.39, 0.29) is 0 Å². The summed E-state index contributed by atoms with van der Waals surface area (Å²) in [6.45, 7) is 0.717. The third-order valence-electron chi connectivity index (χ3n) is 3.05. The summed E-state index contributed by atoms with van der Waals surface area (Å²) in [5, 5.41) is 0. The number of hydrogen-bond donors (Lipinski definition) is 1. The fourth-order valence-electron chi connectivity index (χ4n) is 2.08. The van der Waals surface area contributed by atoms with E-state index in [9.17, 15) is 0 Å². The summed E-state index contributed by atoms with van der Waals surface area (Å²) >= 11 is 6.91. The zero-order valence-electron chi connectivity index (χ0n) is 11.4. The third kappa shape index (κ3) is 3.46. The average Bonchev–Trinajstić information content (AvgIpc) is 2.38. The summed E-state index contributed by atoms with van der Waals surface area (Å²) in [5.41, 5.74) is 8.91. The number of halogens is 2. The Hall–Kier alpha value is -1.20. The molecular formula is C15H16Br2N2O. The molecule has 2 rings (SSSR count). The molecule has 0 aromatic heterocycles. The van der Waals surface area contributed by atoms with E-state index in [1.807, 2.05) is 37.4 Å². The van der Waals surface area contributed by atoms with Crippen LogP contribution in [-0.4, -0.2) is 14.2 Å². The van der Waals surface area contributed by atoms with E-state index in [1.54, 1.807) is 7.11 Å². The summed E-state index contributed by atoms with van der Waals surface area (Å²) in [6, 6.07) is 11.9. The van der Waals surface area contributed by atoms with Crippen LogP contribution in [0.2, 0.25) is 0 Å². The van der Waals surface area contributed by atoms with E-state index in [0.29, 0.717) is 6.54 Å². The molecule has 0 amide bonds. The number of nitrogens with two attached hydrogens (primary N) is 1. The van der Waals surface area contributed by atoms with E-state index in [1.165, 1.54) is 0 Å². The van der Waals surface area contributed by atoms with Gasteiger partial charge in [-0.15, -0.1) is 0 Å². The van der Waals surface area contributed by atoms with Crippen LogP contribution in [0.5, 0.6) is 5.75 Å². The van der Waals surface area contributed by atoms with Crippen molar-refractivity contribution >= 4 is 43.2 Å². The van der Waals surface area contributed by atoms with Crippen molar-refractivity contribution in [2.75, 3.05) is 24.8 Å². The zero-order valence-corrected chi connectivity index (χ0v) is 14.5. The maximum Gasteiger partial charge on any atom is 0.123 e. The van der Waals surface area contributed by atoms with Crippen LogP contribution in [0.25, 0.3) is 0 Å². The summed E-state index contributed by atoms with van der Waals surface area (Å²) in [6.07, 6.45) is 0. The molecule has 2 N–H and O–H groups in total. The fourth-order valence-corrected chi connectivity index (χ4v) is 2.87. The van der Waals surface area contributed by atoms with E-state index < -0.39 is 0 Å². The van der Waals surface area contributed by atoms with E-state index in [4.69, 9.17) is 10.5 Å². The second kappa shape index (κ2) is 6.50. The van der Waals surface area contributed by atoms with Gasteiger partial charge >= 0.3 is 0 Å². The van der Waals surface area contributed by atoms with Gasteiger partial charge in [0.15, 0.2) is 0 Å². The molecule has 0 bridgehead atoms. The largest absolute Gasteiger partial charge is 0.496 e. The lowest BCUT2D eigenvalue weighted by Gasteiger charge is -2.22. The van der Waals surface area contributed by atoms with Crippen LogP contribution in [-0.2, 0) is 6.54 Å². The molecule has 0 fully saturated rings. The smallest absolute Gasteiger partial charge is 0.123 e. The van der Waals surface area contributed by atoms with Crippen molar-refractivity contribution in [2.45, 2.75) is 6.54 Å². The minimum atomic E-state index is 0.717. The van der Waals surface area contributed by atoms with Gasteiger partial charge in [0.2, 0.25) is 0 Å². The monoisotopic (exact) mass is 398 g/mol. The Morgan fingerprint density at radius 2 is 1.75 bits per heavy atom. The number of hydrogen-bond acceptors (Lipinski definition) is 3. The lowest BCUT2D eigenvalue weighted by atomic mass is 10.1. The van der Waals surface area contributed by atoms with Crippen molar-refractivity contribution in [1.29, 1.82) is 0 Å². The Bertz CT molecular complexity index is 617. The van der Waals surface area contributed by atoms with Gasteiger partial charge in [0.05, 0.1) is 18.5 Å². The number of nitrogens with zero attached hydrogens (tertiary/aromatic N) is 1. The average molecular weight is 400 g/mol. The van der Waals surface area contributed by atoms with Gasteiger partial charge in [0, 0.05) is 28.1 Å². The second-order valence-electron chi connectivity index (χ2n) is 4.52. The van der Waals surface area contributed by atoms with Crippen LogP contribution >= 0.6 is 31.9 Å². The van der Waals surface area contributed by atoms with Crippen molar-refractivity contribution in [3.8, 4) is 5.75 Å². The minimum Gasteiger partial charge on any atom is -0.496 e. The van der Waals surface area contributed by atoms with Gasteiger partial charge in [-0.25, -0.2) is 0 Å². The van der Waals surface area contributed by atoms with E-state index in [0.717, 1.165) is 31.6 Å². The molecule has 2 aromatic carbocycles. The van der Waals surface area contributed by atoms with Crippen molar-refractivity contribution in [1.82, 2.24) is 0 Å². The number of anilines is 2. The lowest BCUT2D eigenvalue weighted by molar-refractivity contribution is 0.409. The Morgan fingerprint density at radius 3 is 2.40 bits per heavy atom. The van der Waals surface area contributed by atoms with Gasteiger partial charge < -0.3 is 15.4 Å². The van der Waals surface area contributed by atoms with Gasteiger partial charge in [-0.3, -0.25) is 0 Å². The number of benzene rings is 2. The van der Waals surface area contributed by atoms with Crippen molar-refractivity contribution in [2.24, 2.45) is 0 Å². The number of rotatable bonds is 4. The Balaban J connectivity index is 2.27. The highest BCUT2D eigenvalue weighted by Crippen LogP contribution is 2.29. The molecule has 20 heavy (non-hydrogen) atoms. The quantitative estimate of drug-likeness (QED) is 0.772. The van der Waals surface area contributed by atoms with E-state index in [2.05, 4.69) is 42.8 Å². The molecule has 0 radical (unpaired) electrons. The number of nitrogen functional groups attached to an aromatic ring is 1. The second-order valence-corrected chi connectivity index (χ2v) is 6.35. The molecule has 5 heteroatoms. The Labute approximate surface area is 136 Å². The highest BCUT2D eigenvalue weighted by atomic mass is 79.9. The normalized spacial score (nSPS) is 10.4. The molecule has 0 spiro atoms. The SMILES string of the molecule is COc1ccc(Br)cc1CN(C)c1ccc(Br)cc1N. The molecule has 0 aliphatic heterocycles. The minimum absolute atomic E-state index is 0.717. The molecule has 0 heterocycles. The topological polar surface area (TPSA) is 38.5 Å². The van der Waals surface area contributed by atoms with E-state index >= 15 is 0 Å². The van der Waals surface area contributed by atoms with Crippen LogP contribution in [0.3, 0.4) is 0 Å². The summed E-state index contributed by atoms with van der Waals surface area (Å²) in [5.74, 6) is 0.871. The van der Waals surface area contributed by atoms with Crippen LogP contribution in [0.15, 0.2) is 45.3 Å². The number of ether oxygens (including phenoxy) is 1. The number of methoxy groups -OCH3 is 1. The first-order valence-electron chi connectivity index (χ1n) is 6.10. The predicted molar refractivity (Wildman–Crippen MR) is 91.4 cm³/mol. The van der Waals surface area contributed by atoms with Gasteiger partial charge in [-0.1, -0.05) is 31.9 Å². The Kier molecular flexibility index (Phi) is 4.94. The first-order valence-corrected chi connectivity index (χ1v) is 7.68. The Morgan fingerprint density at radius 1 is 1.10 bits per heavy atom. The molecule has 2 aromatic rings. The fraction of sp³-hybridized carbons (Fsp3) is 0.200. The predicted octanol–water partition coefficient (Wildman–Crippen LogP) is 4.44. The molecule has 0 saturated carbocycles. The zero-order chi connectivity index (χ0) is 14.7. The summed E-state index contributed by atoms with van der Waals surface area (Å²) in [7, 11) is 3.70. The molecule has 0 aliphatic rings. The first-order chi connectivity index (χ1) is 9.51. The third-order valence-corrected chi connectivity index (χ3v) is 4.04. The molecule has 106 valence electrons. The highest BCUT2D eigenvalue weighted by Gasteiger charge is 2.10. The van der Waals surface area contributed by atoms with Gasteiger partial charge in [-0.05, 0) is 36.4 Å². The van der Waals surface area contributed by atoms with Crippen molar-refractivity contribution < 1.29 is 4.74 Å². The molecule has 3 nitrogen and oxygen atoms in total. The maximum absolute atomic E-state index is 6.06. The molecule has 0 unspecified atom stereocenters.